The van der Waals surface area contributed by atoms with Gasteiger partial charge in [-0.15, -0.1) is 0 Å². The van der Waals surface area contributed by atoms with Crippen LogP contribution in [0, 0.1) is 0 Å². The molecule has 4 aromatic heterocycles. The lowest BCUT2D eigenvalue weighted by Gasteiger charge is -2.13. The van der Waals surface area contributed by atoms with Crippen molar-refractivity contribution in [2.45, 2.75) is 0 Å². The van der Waals surface area contributed by atoms with Crippen LogP contribution in [0.25, 0.3) is 106 Å². The van der Waals surface area contributed by atoms with E-state index in [9.17, 15) is 0 Å². The van der Waals surface area contributed by atoms with Crippen LogP contribution >= 0.6 is 0 Å². The number of rotatable bonds is 6. The molecule has 59 heavy (non-hydrogen) atoms. The highest BCUT2D eigenvalue weighted by molar-refractivity contribution is 6.26. The van der Waals surface area contributed by atoms with Crippen molar-refractivity contribution in [3.63, 3.8) is 0 Å². The van der Waals surface area contributed by atoms with Crippen molar-refractivity contribution < 1.29 is 0 Å². The van der Waals surface area contributed by atoms with Crippen LogP contribution < -0.4 is 0 Å². The van der Waals surface area contributed by atoms with Gasteiger partial charge in [-0.1, -0.05) is 158 Å². The summed E-state index contributed by atoms with van der Waals surface area (Å²) in [6.07, 6.45) is 0. The maximum atomic E-state index is 5.57. The largest absolute Gasteiger partial charge is 0.305 e. The van der Waals surface area contributed by atoms with Gasteiger partial charge in [0.1, 0.15) is 11.3 Å². The van der Waals surface area contributed by atoms with Gasteiger partial charge in [-0.3, -0.25) is 9.13 Å². The van der Waals surface area contributed by atoms with Crippen LogP contribution in [0.2, 0.25) is 0 Å². The second-order valence-corrected chi connectivity index (χ2v) is 14.7. The number of hydrogen-bond donors (Lipinski definition) is 0. The number of nitrogens with zero attached hydrogens (tertiary/aromatic N) is 7. The standard InChI is InChI=1S/C52H33N7/c1-6-18-34(19-7-1)49-54-50(35-20-8-2-9-21-35)56-52(55-49)59-43-29-17-16-28-39(43)40-30-31-42-41-32-33-44-45(46(41)58(47(42)48(40)59)38-26-14-5-15-27-38)53-51(36-22-10-3-11-23-36)57(44)37-24-12-4-13-25-37/h1-33H. The van der Waals surface area contributed by atoms with Crippen molar-refractivity contribution in [2.75, 3.05) is 0 Å². The molecule has 0 atom stereocenters. The molecule has 7 heteroatoms. The molecule has 0 bridgehead atoms. The lowest BCUT2D eigenvalue weighted by molar-refractivity contribution is 0.953. The molecule has 4 heterocycles. The van der Waals surface area contributed by atoms with Gasteiger partial charge in [-0.2, -0.15) is 9.97 Å². The second-order valence-electron chi connectivity index (χ2n) is 14.7. The Hall–Kier alpha value is -8.16. The number of benzene rings is 8. The molecular formula is C52H33N7. The Balaban J connectivity index is 1.26. The summed E-state index contributed by atoms with van der Waals surface area (Å²) in [4.78, 5) is 21.2. The number of imidazole rings is 1. The summed E-state index contributed by atoms with van der Waals surface area (Å²) in [6, 6.07) is 69.5. The van der Waals surface area contributed by atoms with Crippen molar-refractivity contribution in [3.05, 3.63) is 200 Å². The van der Waals surface area contributed by atoms with Crippen molar-refractivity contribution in [1.82, 2.24) is 33.6 Å². The highest BCUT2D eigenvalue weighted by Crippen LogP contribution is 2.44. The van der Waals surface area contributed by atoms with Gasteiger partial charge in [0.2, 0.25) is 5.95 Å². The highest BCUT2D eigenvalue weighted by Gasteiger charge is 2.26. The van der Waals surface area contributed by atoms with Crippen LogP contribution in [0.15, 0.2) is 200 Å². The molecule has 0 fully saturated rings. The molecule has 0 aliphatic carbocycles. The predicted octanol–water partition coefficient (Wildman–Crippen LogP) is 12.4. The monoisotopic (exact) mass is 755 g/mol. The Labute approximate surface area is 338 Å². The van der Waals surface area contributed by atoms with E-state index in [1.54, 1.807) is 0 Å². The molecule has 12 aromatic rings. The number of aromatic nitrogens is 7. The van der Waals surface area contributed by atoms with E-state index in [4.69, 9.17) is 19.9 Å². The molecule has 8 aromatic carbocycles. The van der Waals surface area contributed by atoms with Crippen LogP contribution in [0.5, 0.6) is 0 Å². The fourth-order valence-corrected chi connectivity index (χ4v) is 8.73. The fraction of sp³-hybridized carbons (Fsp3) is 0. The van der Waals surface area contributed by atoms with Gasteiger partial charge in [0, 0.05) is 49.6 Å². The van der Waals surface area contributed by atoms with Crippen molar-refractivity contribution >= 4 is 54.6 Å². The molecular weight excluding hydrogens is 723 g/mol. The van der Waals surface area contributed by atoms with Crippen LogP contribution in [-0.2, 0) is 0 Å². The lowest BCUT2D eigenvalue weighted by atomic mass is 10.1. The number of fused-ring (bicyclic) bond motifs is 9. The molecule has 0 radical (unpaired) electrons. The van der Waals surface area contributed by atoms with E-state index in [1.807, 2.05) is 42.5 Å². The molecule has 12 rings (SSSR count). The van der Waals surface area contributed by atoms with E-state index in [-0.39, 0.29) is 0 Å². The molecule has 7 nitrogen and oxygen atoms in total. The third kappa shape index (κ3) is 5.15. The highest BCUT2D eigenvalue weighted by atomic mass is 15.2. The van der Waals surface area contributed by atoms with Crippen LogP contribution in [0.4, 0.5) is 0 Å². The maximum Gasteiger partial charge on any atom is 0.238 e. The van der Waals surface area contributed by atoms with E-state index in [0.717, 1.165) is 88.5 Å². The topological polar surface area (TPSA) is 66.3 Å². The van der Waals surface area contributed by atoms with Crippen LogP contribution in [-0.4, -0.2) is 33.6 Å². The molecule has 276 valence electrons. The van der Waals surface area contributed by atoms with Crippen molar-refractivity contribution in [2.24, 2.45) is 0 Å². The van der Waals surface area contributed by atoms with Crippen molar-refractivity contribution in [3.8, 4) is 51.5 Å². The first-order chi connectivity index (χ1) is 29.3. The zero-order chi connectivity index (χ0) is 38.9. The summed E-state index contributed by atoms with van der Waals surface area (Å²) >= 11 is 0. The van der Waals surface area contributed by atoms with Gasteiger partial charge in [-0.25, -0.2) is 9.97 Å². The average Bonchev–Trinajstić information content (AvgIpc) is 3.99. The van der Waals surface area contributed by atoms with Gasteiger partial charge >= 0.3 is 0 Å². The molecule has 0 unspecified atom stereocenters. The molecule has 0 N–H and O–H groups in total. The first kappa shape index (κ1) is 33.0. The summed E-state index contributed by atoms with van der Waals surface area (Å²) < 4.78 is 6.92. The zero-order valence-corrected chi connectivity index (χ0v) is 31.7. The third-order valence-electron chi connectivity index (χ3n) is 11.3. The zero-order valence-electron chi connectivity index (χ0n) is 31.7. The summed E-state index contributed by atoms with van der Waals surface area (Å²) in [6.45, 7) is 0. The summed E-state index contributed by atoms with van der Waals surface area (Å²) in [5.74, 6) is 2.65. The fourth-order valence-electron chi connectivity index (χ4n) is 8.73. The van der Waals surface area contributed by atoms with Gasteiger partial charge in [0.15, 0.2) is 11.6 Å². The molecule has 0 amide bonds. The minimum absolute atomic E-state index is 0.547. The Morgan fingerprint density at radius 3 is 1.36 bits per heavy atom. The normalized spacial score (nSPS) is 11.7. The lowest BCUT2D eigenvalue weighted by Crippen LogP contribution is -2.07. The first-order valence-electron chi connectivity index (χ1n) is 19.8. The Bertz CT molecular complexity index is 3460. The van der Waals surface area contributed by atoms with Crippen LogP contribution in [0.1, 0.15) is 0 Å². The summed E-state index contributed by atoms with van der Waals surface area (Å²) in [5, 5.41) is 4.44. The van der Waals surface area contributed by atoms with Gasteiger partial charge in [-0.05, 0) is 42.5 Å². The summed E-state index contributed by atoms with van der Waals surface area (Å²) in [5.41, 5.74) is 11.0. The Kier molecular flexibility index (Phi) is 7.40. The Morgan fingerprint density at radius 2 is 0.746 bits per heavy atom. The smallest absolute Gasteiger partial charge is 0.238 e. The maximum absolute atomic E-state index is 5.57. The van der Waals surface area contributed by atoms with E-state index < -0.39 is 0 Å². The minimum Gasteiger partial charge on any atom is -0.305 e. The number of hydrogen-bond acceptors (Lipinski definition) is 4. The van der Waals surface area contributed by atoms with Crippen molar-refractivity contribution in [1.29, 1.82) is 0 Å². The molecule has 0 saturated carbocycles. The molecule has 0 spiro atoms. The average molecular weight is 756 g/mol. The van der Waals surface area contributed by atoms with Gasteiger partial charge < -0.3 is 4.57 Å². The van der Waals surface area contributed by atoms with E-state index in [2.05, 4.69) is 171 Å². The van der Waals surface area contributed by atoms with Gasteiger partial charge in [0.25, 0.3) is 0 Å². The third-order valence-corrected chi connectivity index (χ3v) is 11.3. The van der Waals surface area contributed by atoms with E-state index in [1.165, 1.54) is 0 Å². The first-order valence-corrected chi connectivity index (χ1v) is 19.8. The quantitative estimate of drug-likeness (QED) is 0.169. The number of para-hydroxylation sites is 3. The second kappa shape index (κ2) is 13.2. The minimum atomic E-state index is 0.547. The Morgan fingerprint density at radius 1 is 0.288 bits per heavy atom. The molecule has 0 saturated heterocycles. The predicted molar refractivity (Wildman–Crippen MR) is 239 cm³/mol. The van der Waals surface area contributed by atoms with E-state index >= 15 is 0 Å². The SMILES string of the molecule is c1ccc(-c2nc(-c3ccccc3)nc(-n3c4ccccc4c4ccc5c6ccc7c(nc(-c8ccccc8)n7-c7ccccc7)c6n(-c6ccccc6)c5c43)n2)cc1. The van der Waals surface area contributed by atoms with Gasteiger partial charge in [0.05, 0.1) is 27.6 Å². The molecule has 0 aliphatic rings. The summed E-state index contributed by atoms with van der Waals surface area (Å²) in [7, 11) is 0. The molecule has 0 aliphatic heterocycles. The van der Waals surface area contributed by atoms with E-state index in [0.29, 0.717) is 17.6 Å². The van der Waals surface area contributed by atoms with Crippen LogP contribution in [0.3, 0.4) is 0 Å².